The Hall–Kier alpha value is -2.74. The maximum atomic E-state index is 12.9. The summed E-state index contributed by atoms with van der Waals surface area (Å²) in [5.74, 6) is 1.18. The van der Waals surface area contributed by atoms with E-state index in [1.54, 1.807) is 0 Å². The Labute approximate surface area is 211 Å². The lowest BCUT2D eigenvalue weighted by Crippen LogP contribution is -2.42. The number of benzene rings is 2. The van der Waals surface area contributed by atoms with E-state index >= 15 is 0 Å². The number of piperidine rings is 1. The second-order valence-electron chi connectivity index (χ2n) is 10.5. The number of alkyl halides is 3. The SMILES string of the molecule is CC(C)COc1ccccc1CN1CCC2(CC1)CCN(C(=O)Cc1ccc(OC(F)(F)F)cc1)C2. The Morgan fingerprint density at radius 3 is 2.33 bits per heavy atom. The molecule has 1 spiro atoms. The molecule has 1 amide bonds. The number of carbonyl (C=O) groups is 1. The number of para-hydroxylation sites is 1. The predicted octanol–water partition coefficient (Wildman–Crippen LogP) is 5.68. The Morgan fingerprint density at radius 1 is 1.00 bits per heavy atom. The van der Waals surface area contributed by atoms with Crippen LogP contribution in [0.3, 0.4) is 0 Å². The molecule has 0 unspecified atom stereocenters. The Bertz CT molecular complexity index is 1020. The highest BCUT2D eigenvalue weighted by Gasteiger charge is 2.42. The first-order chi connectivity index (χ1) is 17.1. The van der Waals surface area contributed by atoms with Crippen LogP contribution in [-0.2, 0) is 17.8 Å². The van der Waals surface area contributed by atoms with Gasteiger partial charge in [-0.25, -0.2) is 0 Å². The maximum absolute atomic E-state index is 12.9. The molecule has 4 rings (SSSR count). The summed E-state index contributed by atoms with van der Waals surface area (Å²) in [7, 11) is 0. The van der Waals surface area contributed by atoms with Gasteiger partial charge < -0.3 is 14.4 Å². The number of hydrogen-bond acceptors (Lipinski definition) is 4. The lowest BCUT2D eigenvalue weighted by molar-refractivity contribution is -0.274. The highest BCUT2D eigenvalue weighted by atomic mass is 19.4. The molecular formula is C28H35F3N2O3. The molecule has 196 valence electrons. The first kappa shape index (κ1) is 26.3. The van der Waals surface area contributed by atoms with Gasteiger partial charge in [0.25, 0.3) is 0 Å². The molecule has 0 atom stereocenters. The molecular weight excluding hydrogens is 469 g/mol. The molecule has 0 N–H and O–H groups in total. The number of likely N-dealkylation sites (tertiary alicyclic amines) is 2. The zero-order valence-corrected chi connectivity index (χ0v) is 21.0. The predicted molar refractivity (Wildman–Crippen MR) is 132 cm³/mol. The van der Waals surface area contributed by atoms with Crippen LogP contribution in [0.25, 0.3) is 0 Å². The Morgan fingerprint density at radius 2 is 1.67 bits per heavy atom. The van der Waals surface area contributed by atoms with Crippen molar-refractivity contribution in [3.63, 3.8) is 0 Å². The average molecular weight is 505 g/mol. The molecule has 8 heteroatoms. The van der Waals surface area contributed by atoms with Gasteiger partial charge in [0.2, 0.25) is 5.91 Å². The second-order valence-corrected chi connectivity index (χ2v) is 10.5. The van der Waals surface area contributed by atoms with Crippen LogP contribution in [-0.4, -0.2) is 54.9 Å². The molecule has 0 saturated carbocycles. The van der Waals surface area contributed by atoms with Crippen molar-refractivity contribution >= 4 is 5.91 Å². The minimum Gasteiger partial charge on any atom is -0.493 e. The van der Waals surface area contributed by atoms with Crippen molar-refractivity contribution < 1.29 is 27.4 Å². The van der Waals surface area contributed by atoms with Crippen molar-refractivity contribution in [3.8, 4) is 11.5 Å². The van der Waals surface area contributed by atoms with Crippen LogP contribution in [0.2, 0.25) is 0 Å². The summed E-state index contributed by atoms with van der Waals surface area (Å²) in [4.78, 5) is 17.3. The normalized spacial score (nSPS) is 18.1. The molecule has 0 radical (unpaired) electrons. The summed E-state index contributed by atoms with van der Waals surface area (Å²) in [6.45, 7) is 9.32. The zero-order valence-electron chi connectivity index (χ0n) is 21.0. The number of nitrogens with zero attached hydrogens (tertiary/aromatic N) is 2. The van der Waals surface area contributed by atoms with Crippen molar-refractivity contribution in [2.24, 2.45) is 11.3 Å². The first-order valence-electron chi connectivity index (χ1n) is 12.7. The summed E-state index contributed by atoms with van der Waals surface area (Å²) in [6.07, 6.45) is -1.44. The zero-order chi connectivity index (χ0) is 25.8. The first-order valence-corrected chi connectivity index (χ1v) is 12.7. The molecule has 0 aromatic heterocycles. The minimum absolute atomic E-state index is 0.0232. The van der Waals surface area contributed by atoms with Gasteiger partial charge in [-0.2, -0.15) is 0 Å². The Balaban J connectivity index is 1.26. The molecule has 2 aromatic rings. The maximum Gasteiger partial charge on any atom is 0.573 e. The smallest absolute Gasteiger partial charge is 0.493 e. The topological polar surface area (TPSA) is 42.0 Å². The van der Waals surface area contributed by atoms with Gasteiger partial charge in [-0.1, -0.05) is 44.2 Å². The molecule has 0 bridgehead atoms. The molecule has 2 aliphatic heterocycles. The van der Waals surface area contributed by atoms with Crippen molar-refractivity contribution in [1.29, 1.82) is 0 Å². The van der Waals surface area contributed by atoms with E-state index in [4.69, 9.17) is 4.74 Å². The van der Waals surface area contributed by atoms with Crippen molar-refractivity contribution in [2.45, 2.75) is 52.4 Å². The highest BCUT2D eigenvalue weighted by Crippen LogP contribution is 2.41. The quantitative estimate of drug-likeness (QED) is 0.464. The monoisotopic (exact) mass is 504 g/mol. The fourth-order valence-corrected chi connectivity index (χ4v) is 5.11. The standard InChI is InChI=1S/C28H35F3N2O3/c1-21(2)19-35-25-6-4-3-5-23(25)18-32-14-11-27(12-15-32)13-16-33(20-27)26(34)17-22-7-9-24(10-8-22)36-28(29,30)31/h3-10,21H,11-20H2,1-2H3. The van der Waals surface area contributed by atoms with E-state index in [9.17, 15) is 18.0 Å². The van der Waals surface area contributed by atoms with Gasteiger partial charge in [0.15, 0.2) is 0 Å². The van der Waals surface area contributed by atoms with E-state index in [1.807, 2.05) is 17.0 Å². The van der Waals surface area contributed by atoms with E-state index in [1.165, 1.54) is 29.8 Å². The van der Waals surface area contributed by atoms with Gasteiger partial charge in [-0.15, -0.1) is 13.2 Å². The van der Waals surface area contributed by atoms with Gasteiger partial charge >= 0.3 is 6.36 Å². The van der Waals surface area contributed by atoms with Gasteiger partial charge in [0, 0.05) is 25.2 Å². The molecule has 36 heavy (non-hydrogen) atoms. The third kappa shape index (κ3) is 7.15. The lowest BCUT2D eigenvalue weighted by atomic mass is 9.77. The lowest BCUT2D eigenvalue weighted by Gasteiger charge is -2.39. The molecule has 0 aliphatic carbocycles. The molecule has 2 aliphatic rings. The molecule has 2 fully saturated rings. The van der Waals surface area contributed by atoms with Crippen molar-refractivity contribution in [2.75, 3.05) is 32.8 Å². The molecule has 2 saturated heterocycles. The number of ether oxygens (including phenoxy) is 2. The third-order valence-electron chi connectivity index (χ3n) is 7.16. The molecule has 2 heterocycles. The number of hydrogen-bond donors (Lipinski definition) is 0. The molecule has 5 nitrogen and oxygen atoms in total. The summed E-state index contributed by atoms with van der Waals surface area (Å²) in [6, 6.07) is 13.8. The summed E-state index contributed by atoms with van der Waals surface area (Å²) < 4.78 is 47.0. The highest BCUT2D eigenvalue weighted by molar-refractivity contribution is 5.79. The summed E-state index contributed by atoms with van der Waals surface area (Å²) >= 11 is 0. The van der Waals surface area contributed by atoms with Crippen LogP contribution in [0.4, 0.5) is 13.2 Å². The number of carbonyl (C=O) groups excluding carboxylic acids is 1. The van der Waals surface area contributed by atoms with Crippen LogP contribution >= 0.6 is 0 Å². The van der Waals surface area contributed by atoms with E-state index in [2.05, 4.69) is 35.6 Å². The van der Waals surface area contributed by atoms with E-state index in [-0.39, 0.29) is 23.5 Å². The molecule has 2 aromatic carbocycles. The average Bonchev–Trinajstić information content (AvgIpc) is 3.24. The fourth-order valence-electron chi connectivity index (χ4n) is 5.11. The van der Waals surface area contributed by atoms with Gasteiger partial charge in [-0.3, -0.25) is 9.69 Å². The largest absolute Gasteiger partial charge is 0.573 e. The van der Waals surface area contributed by atoms with Crippen LogP contribution < -0.4 is 9.47 Å². The van der Waals surface area contributed by atoms with Gasteiger partial charge in [0.1, 0.15) is 11.5 Å². The third-order valence-corrected chi connectivity index (χ3v) is 7.16. The minimum atomic E-state index is -4.72. The van der Waals surface area contributed by atoms with Crippen LogP contribution in [0.5, 0.6) is 11.5 Å². The summed E-state index contributed by atoms with van der Waals surface area (Å²) in [5, 5.41) is 0. The fraction of sp³-hybridized carbons (Fsp3) is 0.536. The van der Waals surface area contributed by atoms with Gasteiger partial charge in [0.05, 0.1) is 13.0 Å². The van der Waals surface area contributed by atoms with Crippen molar-refractivity contribution in [1.82, 2.24) is 9.80 Å². The second kappa shape index (κ2) is 11.1. The van der Waals surface area contributed by atoms with E-state index in [0.717, 1.165) is 57.7 Å². The van der Waals surface area contributed by atoms with Gasteiger partial charge in [-0.05, 0) is 67.4 Å². The van der Waals surface area contributed by atoms with Crippen LogP contribution in [0, 0.1) is 11.3 Å². The van der Waals surface area contributed by atoms with Crippen LogP contribution in [0.1, 0.15) is 44.2 Å². The van der Waals surface area contributed by atoms with Crippen molar-refractivity contribution in [3.05, 3.63) is 59.7 Å². The Kier molecular flexibility index (Phi) is 8.13. The van der Waals surface area contributed by atoms with E-state index < -0.39 is 6.36 Å². The van der Waals surface area contributed by atoms with E-state index in [0.29, 0.717) is 18.1 Å². The summed E-state index contributed by atoms with van der Waals surface area (Å²) in [5.41, 5.74) is 2.05. The number of halogens is 3. The number of amides is 1. The number of rotatable bonds is 8. The van der Waals surface area contributed by atoms with Crippen LogP contribution in [0.15, 0.2) is 48.5 Å².